The number of aromatic nitrogens is 2. The molecule has 0 radical (unpaired) electrons. The lowest BCUT2D eigenvalue weighted by molar-refractivity contribution is 0.657. The van der Waals surface area contributed by atoms with E-state index >= 15 is 0 Å². The van der Waals surface area contributed by atoms with Crippen LogP contribution in [0.15, 0.2) is 59.7 Å². The molecule has 1 aromatic heterocycles. The smallest absolute Gasteiger partial charge is 0.296 e. The van der Waals surface area contributed by atoms with E-state index < -0.39 is 0 Å². The molecule has 1 aliphatic rings. The van der Waals surface area contributed by atoms with Gasteiger partial charge in [-0.15, -0.1) is 0 Å². The van der Waals surface area contributed by atoms with Crippen molar-refractivity contribution < 1.29 is 0 Å². The van der Waals surface area contributed by atoms with E-state index in [1.54, 1.807) is 4.57 Å². The van der Waals surface area contributed by atoms with Gasteiger partial charge in [-0.3, -0.25) is 9.13 Å². The molecule has 4 rings (SSSR count). The third-order valence-electron chi connectivity index (χ3n) is 4.03. The number of benzene rings is 2. The fraction of sp³-hybridized carbons (Fsp3) is 0.235. The standard InChI is InChI=1S/C17H16N2O/c20-17-18(10-11-19(17)15-8-9-15)12-14-6-3-5-13-4-1-2-7-16(13)14/h1-7,10-11,15H,8-9,12H2. The molecular formula is C17H16N2O. The van der Waals surface area contributed by atoms with E-state index in [9.17, 15) is 4.79 Å². The monoisotopic (exact) mass is 264 g/mol. The molecule has 3 heteroatoms. The number of imidazole rings is 1. The maximum Gasteiger partial charge on any atom is 0.328 e. The summed E-state index contributed by atoms with van der Waals surface area (Å²) in [5, 5.41) is 2.45. The van der Waals surface area contributed by atoms with Crippen molar-refractivity contribution in [1.29, 1.82) is 0 Å². The molecule has 1 aliphatic carbocycles. The van der Waals surface area contributed by atoms with Crippen molar-refractivity contribution in [2.75, 3.05) is 0 Å². The first-order valence-corrected chi connectivity index (χ1v) is 7.07. The summed E-state index contributed by atoms with van der Waals surface area (Å²) in [6, 6.07) is 15.0. The summed E-state index contributed by atoms with van der Waals surface area (Å²) in [5.74, 6) is 0. The molecule has 0 saturated heterocycles. The largest absolute Gasteiger partial charge is 0.328 e. The van der Waals surface area contributed by atoms with Crippen molar-refractivity contribution in [1.82, 2.24) is 9.13 Å². The molecule has 100 valence electrons. The molecule has 1 heterocycles. The van der Waals surface area contributed by atoms with Gasteiger partial charge in [-0.05, 0) is 29.2 Å². The zero-order chi connectivity index (χ0) is 13.5. The second kappa shape index (κ2) is 4.37. The third kappa shape index (κ3) is 1.86. The van der Waals surface area contributed by atoms with E-state index in [0.717, 1.165) is 12.8 Å². The highest BCUT2D eigenvalue weighted by Crippen LogP contribution is 2.33. The molecule has 2 aromatic carbocycles. The average molecular weight is 264 g/mol. The van der Waals surface area contributed by atoms with Crippen molar-refractivity contribution in [2.45, 2.75) is 25.4 Å². The third-order valence-corrected chi connectivity index (χ3v) is 4.03. The molecule has 1 saturated carbocycles. The quantitative estimate of drug-likeness (QED) is 0.713. The van der Waals surface area contributed by atoms with Crippen LogP contribution in [0, 0.1) is 0 Å². The second-order valence-electron chi connectivity index (χ2n) is 5.49. The fourth-order valence-corrected chi connectivity index (χ4v) is 2.79. The van der Waals surface area contributed by atoms with Crippen LogP contribution >= 0.6 is 0 Å². The van der Waals surface area contributed by atoms with E-state index in [1.165, 1.54) is 16.3 Å². The first kappa shape index (κ1) is 11.5. The van der Waals surface area contributed by atoms with Gasteiger partial charge in [0, 0.05) is 18.4 Å². The minimum atomic E-state index is 0.112. The molecule has 20 heavy (non-hydrogen) atoms. The van der Waals surface area contributed by atoms with Gasteiger partial charge in [0.15, 0.2) is 0 Å². The number of hydrogen-bond donors (Lipinski definition) is 0. The van der Waals surface area contributed by atoms with Gasteiger partial charge in [-0.1, -0.05) is 42.5 Å². The average Bonchev–Trinajstić information content (AvgIpc) is 3.26. The zero-order valence-corrected chi connectivity index (χ0v) is 11.2. The molecule has 3 nitrogen and oxygen atoms in total. The second-order valence-corrected chi connectivity index (χ2v) is 5.49. The molecular weight excluding hydrogens is 248 g/mol. The summed E-state index contributed by atoms with van der Waals surface area (Å²) in [4.78, 5) is 12.3. The summed E-state index contributed by atoms with van der Waals surface area (Å²) < 4.78 is 3.67. The molecule has 0 spiro atoms. The van der Waals surface area contributed by atoms with E-state index in [1.807, 2.05) is 29.1 Å². The Balaban J connectivity index is 1.76. The van der Waals surface area contributed by atoms with Gasteiger partial charge in [0.1, 0.15) is 0 Å². The molecule has 0 atom stereocenters. The highest BCUT2D eigenvalue weighted by Gasteiger charge is 2.25. The summed E-state index contributed by atoms with van der Waals surface area (Å²) in [7, 11) is 0. The Bertz CT molecular complexity index is 819. The van der Waals surface area contributed by atoms with Crippen molar-refractivity contribution in [3.8, 4) is 0 Å². The fourth-order valence-electron chi connectivity index (χ4n) is 2.79. The predicted octanol–water partition coefficient (Wildman–Crippen LogP) is 3.19. The van der Waals surface area contributed by atoms with Crippen LogP contribution in [0.1, 0.15) is 24.4 Å². The lowest BCUT2D eigenvalue weighted by Crippen LogP contribution is -2.23. The number of nitrogens with zero attached hydrogens (tertiary/aromatic N) is 2. The van der Waals surface area contributed by atoms with E-state index in [2.05, 4.69) is 30.3 Å². The zero-order valence-electron chi connectivity index (χ0n) is 11.2. The normalized spacial score (nSPS) is 14.8. The molecule has 0 amide bonds. The molecule has 0 bridgehead atoms. The predicted molar refractivity (Wildman–Crippen MR) is 80.0 cm³/mol. The van der Waals surface area contributed by atoms with Gasteiger partial charge in [0.25, 0.3) is 0 Å². The van der Waals surface area contributed by atoms with E-state index in [4.69, 9.17) is 0 Å². The maximum absolute atomic E-state index is 12.3. The van der Waals surface area contributed by atoms with Gasteiger partial charge in [-0.25, -0.2) is 4.79 Å². The SMILES string of the molecule is O=c1n(Cc2cccc3ccccc23)ccn1C1CC1. The van der Waals surface area contributed by atoms with Crippen molar-refractivity contribution >= 4 is 10.8 Å². The van der Waals surface area contributed by atoms with Crippen LogP contribution in [-0.4, -0.2) is 9.13 Å². The maximum atomic E-state index is 12.3. The Labute approximate surface area is 117 Å². The Hall–Kier alpha value is -2.29. The van der Waals surface area contributed by atoms with Crippen LogP contribution in [0.2, 0.25) is 0 Å². The number of rotatable bonds is 3. The van der Waals surface area contributed by atoms with Crippen LogP contribution in [0.5, 0.6) is 0 Å². The lowest BCUT2D eigenvalue weighted by atomic mass is 10.0. The van der Waals surface area contributed by atoms with Crippen molar-refractivity contribution in [3.63, 3.8) is 0 Å². The first-order chi connectivity index (χ1) is 9.83. The van der Waals surface area contributed by atoms with Crippen molar-refractivity contribution in [3.05, 3.63) is 70.9 Å². The molecule has 0 aliphatic heterocycles. The van der Waals surface area contributed by atoms with Gasteiger partial charge < -0.3 is 0 Å². The van der Waals surface area contributed by atoms with Crippen LogP contribution in [0.3, 0.4) is 0 Å². The van der Waals surface area contributed by atoms with Gasteiger partial charge in [0.2, 0.25) is 0 Å². The Kier molecular flexibility index (Phi) is 2.52. The topological polar surface area (TPSA) is 26.9 Å². The van der Waals surface area contributed by atoms with Gasteiger partial charge in [-0.2, -0.15) is 0 Å². The lowest BCUT2D eigenvalue weighted by Gasteiger charge is -2.07. The minimum absolute atomic E-state index is 0.112. The summed E-state index contributed by atoms with van der Waals surface area (Å²) in [6.07, 6.45) is 6.10. The van der Waals surface area contributed by atoms with Gasteiger partial charge in [0.05, 0.1) is 6.54 Å². The molecule has 0 N–H and O–H groups in total. The first-order valence-electron chi connectivity index (χ1n) is 7.07. The molecule has 3 aromatic rings. The van der Waals surface area contributed by atoms with Crippen LogP contribution in [-0.2, 0) is 6.54 Å². The Morgan fingerprint density at radius 3 is 2.65 bits per heavy atom. The molecule has 1 fully saturated rings. The van der Waals surface area contributed by atoms with E-state index in [0.29, 0.717) is 12.6 Å². The van der Waals surface area contributed by atoms with Crippen molar-refractivity contribution in [2.24, 2.45) is 0 Å². The van der Waals surface area contributed by atoms with Gasteiger partial charge >= 0.3 is 5.69 Å². The highest BCUT2D eigenvalue weighted by atomic mass is 16.1. The number of hydrogen-bond acceptors (Lipinski definition) is 1. The summed E-state index contributed by atoms with van der Waals surface area (Å²) in [5.41, 5.74) is 1.30. The highest BCUT2D eigenvalue weighted by molar-refractivity contribution is 5.85. The summed E-state index contributed by atoms with van der Waals surface area (Å²) in [6.45, 7) is 0.639. The van der Waals surface area contributed by atoms with Crippen LogP contribution in [0.4, 0.5) is 0 Å². The number of fused-ring (bicyclic) bond motifs is 1. The molecule has 0 unspecified atom stereocenters. The minimum Gasteiger partial charge on any atom is -0.296 e. The summed E-state index contributed by atoms with van der Waals surface area (Å²) >= 11 is 0. The van der Waals surface area contributed by atoms with Crippen LogP contribution < -0.4 is 5.69 Å². The van der Waals surface area contributed by atoms with Crippen LogP contribution in [0.25, 0.3) is 10.8 Å². The Morgan fingerprint density at radius 2 is 1.80 bits per heavy atom. The Morgan fingerprint density at radius 1 is 1.00 bits per heavy atom. The van der Waals surface area contributed by atoms with E-state index in [-0.39, 0.29) is 5.69 Å².